The second-order valence-electron chi connectivity index (χ2n) is 9.33. The molecule has 0 heterocycles. The average molecular weight is 549 g/mol. The molecular formula is C32H28GeO4. The molecule has 184 valence electrons. The number of aryl methyl sites for hydroxylation is 4. The van der Waals surface area contributed by atoms with Crippen LogP contribution in [0.15, 0.2) is 97.1 Å². The predicted octanol–water partition coefficient (Wildman–Crippen LogP) is 6.36. The Balaban J connectivity index is 2.15. The number of benzene rings is 4. The molecule has 0 fully saturated rings. The van der Waals surface area contributed by atoms with Gasteiger partial charge in [-0.05, 0) is 0 Å². The Morgan fingerprint density at radius 1 is 0.378 bits per heavy atom. The summed E-state index contributed by atoms with van der Waals surface area (Å²) < 4.78 is -2.53. The molecule has 0 bridgehead atoms. The first-order valence-corrected chi connectivity index (χ1v) is 16.3. The summed E-state index contributed by atoms with van der Waals surface area (Å²) in [7, 11) is 0. The fraction of sp³-hybridized carbons (Fsp3) is 0.125. The van der Waals surface area contributed by atoms with Crippen LogP contribution < -0.4 is 0 Å². The van der Waals surface area contributed by atoms with Gasteiger partial charge < -0.3 is 0 Å². The van der Waals surface area contributed by atoms with Crippen molar-refractivity contribution in [1.82, 2.24) is 0 Å². The monoisotopic (exact) mass is 550 g/mol. The number of hydrogen-bond acceptors (Lipinski definition) is 4. The van der Waals surface area contributed by atoms with Crippen LogP contribution in [0, 0.1) is 27.7 Å². The zero-order valence-corrected chi connectivity index (χ0v) is 23.5. The molecule has 0 saturated heterocycles. The minimum absolute atomic E-state index is 0.244. The molecule has 0 saturated carbocycles. The fourth-order valence-corrected chi connectivity index (χ4v) is 13.1. The Morgan fingerprint density at radius 2 is 0.568 bits per heavy atom. The summed E-state index contributed by atoms with van der Waals surface area (Å²) in [5, 5.41) is 0. The standard InChI is InChI=1S/C32H28GeO4/c1-21-13-5-9-17-25(21)29(34)33(30(35)26-18-10-6-14-22(26)2,31(36)27-19-11-7-15-23(27)3)32(37)28-20-12-8-16-24(28)4/h5-20H,1-4H3. The molecule has 0 aliphatic heterocycles. The van der Waals surface area contributed by atoms with Crippen LogP contribution in [0.3, 0.4) is 0 Å². The van der Waals surface area contributed by atoms with Gasteiger partial charge in [0.2, 0.25) is 0 Å². The quantitative estimate of drug-likeness (QED) is 0.240. The van der Waals surface area contributed by atoms with Crippen molar-refractivity contribution in [2.75, 3.05) is 0 Å². The number of carbonyl (C=O) groups excluding carboxylic acids is 4. The van der Waals surface area contributed by atoms with Gasteiger partial charge in [-0.1, -0.05) is 0 Å². The zero-order chi connectivity index (χ0) is 26.7. The van der Waals surface area contributed by atoms with Crippen molar-refractivity contribution < 1.29 is 19.2 Å². The molecule has 0 radical (unpaired) electrons. The topological polar surface area (TPSA) is 68.3 Å². The van der Waals surface area contributed by atoms with E-state index in [4.69, 9.17) is 0 Å². The van der Waals surface area contributed by atoms with Gasteiger partial charge in [-0.2, -0.15) is 0 Å². The number of carbonyl (C=O) groups is 4. The van der Waals surface area contributed by atoms with E-state index in [-0.39, 0.29) is 22.3 Å². The van der Waals surface area contributed by atoms with Crippen molar-refractivity contribution >= 4 is 31.7 Å². The summed E-state index contributed by atoms with van der Waals surface area (Å²) in [4.78, 5) is 58.7. The van der Waals surface area contributed by atoms with Crippen LogP contribution in [-0.4, -0.2) is 31.7 Å². The van der Waals surface area contributed by atoms with Gasteiger partial charge >= 0.3 is 220 Å². The SMILES string of the molecule is Cc1ccccc1[C](=O)[Ge]([C](=O)c1ccccc1C)([C](=O)c1ccccc1C)[C](=O)c1ccccc1C. The maximum atomic E-state index is 14.7. The zero-order valence-electron chi connectivity index (χ0n) is 21.4. The molecule has 0 N–H and O–H groups in total. The van der Waals surface area contributed by atoms with Crippen LogP contribution in [0.1, 0.15) is 63.7 Å². The summed E-state index contributed by atoms with van der Waals surface area (Å²) in [6, 6.07) is 27.4. The second-order valence-corrected chi connectivity index (χ2v) is 16.3. The van der Waals surface area contributed by atoms with E-state index in [1.165, 1.54) is 0 Å². The van der Waals surface area contributed by atoms with E-state index in [1.807, 2.05) is 0 Å². The van der Waals surface area contributed by atoms with Crippen molar-refractivity contribution in [1.29, 1.82) is 0 Å². The molecule has 4 aromatic rings. The van der Waals surface area contributed by atoms with Gasteiger partial charge in [0.05, 0.1) is 0 Å². The molecule has 0 aromatic heterocycles. The Kier molecular flexibility index (Phi) is 7.51. The first-order valence-electron chi connectivity index (χ1n) is 12.1. The van der Waals surface area contributed by atoms with E-state index in [0.717, 1.165) is 0 Å². The Labute approximate surface area is 219 Å². The van der Waals surface area contributed by atoms with Crippen molar-refractivity contribution in [2.24, 2.45) is 0 Å². The molecule has 0 atom stereocenters. The molecule has 4 aromatic carbocycles. The third-order valence-electron chi connectivity index (χ3n) is 6.92. The number of hydrogen-bond donors (Lipinski definition) is 0. The van der Waals surface area contributed by atoms with Gasteiger partial charge in [0.1, 0.15) is 0 Å². The van der Waals surface area contributed by atoms with Crippen LogP contribution in [0.2, 0.25) is 0 Å². The maximum absolute atomic E-state index is 14.7. The Bertz CT molecular complexity index is 1310. The Morgan fingerprint density at radius 3 is 0.757 bits per heavy atom. The average Bonchev–Trinajstić information content (AvgIpc) is 2.89. The van der Waals surface area contributed by atoms with Crippen molar-refractivity contribution in [2.45, 2.75) is 27.7 Å². The van der Waals surface area contributed by atoms with E-state index in [1.54, 1.807) is 125 Å². The van der Waals surface area contributed by atoms with Crippen molar-refractivity contribution in [3.8, 4) is 0 Å². The van der Waals surface area contributed by atoms with Crippen LogP contribution in [-0.2, 0) is 0 Å². The first-order chi connectivity index (χ1) is 17.7. The molecule has 5 heteroatoms. The van der Waals surface area contributed by atoms with Gasteiger partial charge in [0.25, 0.3) is 0 Å². The Hall–Kier alpha value is -3.90. The van der Waals surface area contributed by atoms with Gasteiger partial charge in [0, 0.05) is 0 Å². The molecule has 0 amide bonds. The van der Waals surface area contributed by atoms with Gasteiger partial charge in [-0.3, -0.25) is 0 Å². The first kappa shape index (κ1) is 26.2. The molecule has 0 aliphatic rings. The predicted molar refractivity (Wildman–Crippen MR) is 148 cm³/mol. The van der Waals surface area contributed by atoms with Crippen molar-refractivity contribution in [3.05, 3.63) is 142 Å². The van der Waals surface area contributed by atoms with E-state index >= 15 is 0 Å². The summed E-state index contributed by atoms with van der Waals surface area (Å²) >= 11 is -5.63. The van der Waals surface area contributed by atoms with Gasteiger partial charge in [0.15, 0.2) is 0 Å². The minimum atomic E-state index is -5.63. The van der Waals surface area contributed by atoms with E-state index in [9.17, 15) is 19.2 Å². The molecule has 0 aliphatic carbocycles. The molecule has 4 nitrogen and oxygen atoms in total. The van der Waals surface area contributed by atoms with Crippen LogP contribution in [0.5, 0.6) is 0 Å². The third kappa shape index (κ3) is 4.53. The van der Waals surface area contributed by atoms with Crippen LogP contribution in [0.25, 0.3) is 0 Å². The van der Waals surface area contributed by atoms with Crippen molar-refractivity contribution in [3.63, 3.8) is 0 Å². The van der Waals surface area contributed by atoms with Gasteiger partial charge in [-0.25, -0.2) is 0 Å². The second kappa shape index (κ2) is 10.6. The van der Waals surface area contributed by atoms with Crippen LogP contribution >= 0.6 is 0 Å². The third-order valence-corrected chi connectivity index (χ3v) is 14.9. The number of rotatable bonds is 8. The summed E-state index contributed by atoms with van der Waals surface area (Å²) in [5.41, 5.74) is 3.46. The normalized spacial score (nSPS) is 11.1. The molecule has 0 spiro atoms. The molecule has 4 rings (SSSR count). The molecular weight excluding hydrogens is 521 g/mol. The van der Waals surface area contributed by atoms with E-state index in [0.29, 0.717) is 22.3 Å². The molecule has 37 heavy (non-hydrogen) atoms. The van der Waals surface area contributed by atoms with E-state index in [2.05, 4.69) is 0 Å². The summed E-state index contributed by atoms with van der Waals surface area (Å²) in [6.45, 7) is 7.04. The molecule has 0 unspecified atom stereocenters. The summed E-state index contributed by atoms with van der Waals surface area (Å²) in [6.07, 6.45) is 0. The van der Waals surface area contributed by atoms with Crippen LogP contribution in [0.4, 0.5) is 0 Å². The fourth-order valence-electron chi connectivity index (χ4n) is 4.74. The van der Waals surface area contributed by atoms with E-state index < -0.39 is 31.7 Å². The summed E-state index contributed by atoms with van der Waals surface area (Å²) in [5.74, 6) is 0. The van der Waals surface area contributed by atoms with Gasteiger partial charge in [-0.15, -0.1) is 0 Å².